The van der Waals surface area contributed by atoms with Crippen molar-refractivity contribution in [3.05, 3.63) is 0 Å². The second-order valence-electron chi connectivity index (χ2n) is 4.46. The van der Waals surface area contributed by atoms with E-state index < -0.39 is 0 Å². The smallest absolute Gasteiger partial charge is 0.180 e. The molecule has 0 unspecified atom stereocenters. The average molecular weight is 316 g/mol. The van der Waals surface area contributed by atoms with Crippen LogP contribution in [-0.2, 0) is 4.74 Å². The molecule has 3 nitrogen and oxygen atoms in total. The van der Waals surface area contributed by atoms with Crippen LogP contribution in [0.3, 0.4) is 0 Å². The molecule has 0 atom stereocenters. The van der Waals surface area contributed by atoms with Gasteiger partial charge in [-0.25, -0.2) is 0 Å². The minimum Gasteiger partial charge on any atom is -1.00 e. The molecule has 0 aliphatic carbocycles. The van der Waals surface area contributed by atoms with Gasteiger partial charge in [-0.2, -0.15) is 0 Å². The summed E-state index contributed by atoms with van der Waals surface area (Å²) in [5.41, 5.74) is 0. The number of hydrogen-bond acceptors (Lipinski definition) is 2. The molecule has 0 aromatic rings. The highest BCUT2D eigenvalue weighted by Crippen LogP contribution is 2.17. The van der Waals surface area contributed by atoms with Gasteiger partial charge in [-0.15, -0.1) is 12.4 Å². The molecular weight excluding hydrogens is 291 g/mol. The summed E-state index contributed by atoms with van der Waals surface area (Å²) in [6.07, 6.45) is 4.65. The Balaban J connectivity index is 0. The van der Waals surface area contributed by atoms with Gasteiger partial charge in [-0.1, -0.05) is 0 Å². The fourth-order valence-electron chi connectivity index (χ4n) is 2.19. The quantitative estimate of drug-likeness (QED) is 0.412. The highest BCUT2D eigenvalue weighted by atomic mass is 79.9. The fraction of sp³-hybridized carbons (Fsp3) is 0.909. The number of hydrogen-bond donors (Lipinski definition) is 1. The molecule has 0 aromatic carbocycles. The van der Waals surface area contributed by atoms with Gasteiger partial charge in [-0.05, 0) is 6.92 Å². The number of halogens is 2. The van der Waals surface area contributed by atoms with E-state index in [2.05, 4.69) is 7.05 Å². The molecule has 1 aliphatic rings. The molecule has 16 heavy (non-hydrogen) atoms. The normalized spacial score (nSPS) is 17.1. The van der Waals surface area contributed by atoms with Crippen molar-refractivity contribution in [1.29, 1.82) is 5.41 Å². The number of ether oxygens (including phenoxy) is 1. The Morgan fingerprint density at radius 3 is 2.38 bits per heavy atom. The first-order chi connectivity index (χ1) is 6.66. The first-order valence-corrected chi connectivity index (χ1v) is 5.70. The van der Waals surface area contributed by atoms with Crippen LogP contribution in [0.4, 0.5) is 0 Å². The molecule has 0 aromatic heterocycles. The van der Waals surface area contributed by atoms with E-state index in [9.17, 15) is 0 Å². The molecular formula is C11H24BrClN2O. The van der Waals surface area contributed by atoms with E-state index >= 15 is 0 Å². The van der Waals surface area contributed by atoms with Crippen molar-refractivity contribution in [1.82, 2.24) is 0 Å². The lowest BCUT2D eigenvalue weighted by atomic mass is 10.2. The van der Waals surface area contributed by atoms with Gasteiger partial charge in [0, 0.05) is 25.7 Å². The molecule has 0 amide bonds. The molecule has 1 saturated heterocycles. The third kappa shape index (κ3) is 6.71. The van der Waals surface area contributed by atoms with E-state index in [0.717, 1.165) is 12.8 Å². The van der Waals surface area contributed by atoms with Gasteiger partial charge < -0.3 is 26.2 Å². The summed E-state index contributed by atoms with van der Waals surface area (Å²) in [7, 11) is 2.33. The molecule has 1 rings (SSSR count). The molecule has 1 fully saturated rings. The topological polar surface area (TPSA) is 33.1 Å². The number of likely N-dealkylation sites (tertiary alicyclic amines) is 1. The van der Waals surface area contributed by atoms with Gasteiger partial charge in [0.15, 0.2) is 5.90 Å². The maximum absolute atomic E-state index is 7.50. The Morgan fingerprint density at radius 1 is 1.31 bits per heavy atom. The maximum atomic E-state index is 7.50. The lowest BCUT2D eigenvalue weighted by Crippen LogP contribution is -3.00. The Hall–Kier alpha value is 0.200. The minimum absolute atomic E-state index is 0. The minimum atomic E-state index is 0. The fourth-order valence-corrected chi connectivity index (χ4v) is 2.19. The van der Waals surface area contributed by atoms with E-state index in [0.29, 0.717) is 12.5 Å². The third-order valence-corrected chi connectivity index (χ3v) is 3.07. The predicted octanol–water partition coefficient (Wildman–Crippen LogP) is -0.553. The molecule has 0 bridgehead atoms. The summed E-state index contributed by atoms with van der Waals surface area (Å²) in [4.78, 5) is 0. The van der Waals surface area contributed by atoms with Gasteiger partial charge in [0.25, 0.3) is 0 Å². The number of nitrogens with one attached hydrogen (secondary N) is 1. The molecule has 0 spiro atoms. The van der Waals surface area contributed by atoms with Crippen LogP contribution in [0.5, 0.6) is 0 Å². The zero-order valence-corrected chi connectivity index (χ0v) is 12.7. The lowest BCUT2D eigenvalue weighted by molar-refractivity contribution is -0.897. The van der Waals surface area contributed by atoms with Gasteiger partial charge in [0.2, 0.25) is 0 Å². The summed E-state index contributed by atoms with van der Waals surface area (Å²) >= 11 is 0. The predicted molar refractivity (Wildman–Crippen MR) is 65.9 cm³/mol. The summed E-state index contributed by atoms with van der Waals surface area (Å²) in [5, 5.41) is 7.50. The van der Waals surface area contributed by atoms with Crippen LogP contribution in [0.1, 0.15) is 32.6 Å². The Morgan fingerprint density at radius 2 is 1.88 bits per heavy atom. The monoisotopic (exact) mass is 314 g/mol. The van der Waals surface area contributed by atoms with Gasteiger partial charge >= 0.3 is 0 Å². The highest BCUT2D eigenvalue weighted by molar-refractivity contribution is 5.85. The van der Waals surface area contributed by atoms with Crippen LogP contribution >= 0.6 is 12.4 Å². The van der Waals surface area contributed by atoms with Crippen molar-refractivity contribution in [2.75, 3.05) is 33.3 Å². The van der Waals surface area contributed by atoms with E-state index in [4.69, 9.17) is 10.1 Å². The van der Waals surface area contributed by atoms with Crippen molar-refractivity contribution >= 4 is 18.3 Å². The van der Waals surface area contributed by atoms with Crippen LogP contribution in [0.2, 0.25) is 0 Å². The van der Waals surface area contributed by atoms with Crippen LogP contribution in [0, 0.1) is 5.41 Å². The molecule has 98 valence electrons. The van der Waals surface area contributed by atoms with Crippen molar-refractivity contribution in [3.8, 4) is 0 Å². The third-order valence-electron chi connectivity index (χ3n) is 3.07. The van der Waals surface area contributed by atoms with Gasteiger partial charge in [-0.3, -0.25) is 5.41 Å². The lowest BCUT2D eigenvalue weighted by Gasteiger charge is -2.29. The second-order valence-corrected chi connectivity index (χ2v) is 4.46. The molecule has 0 saturated carbocycles. The molecule has 5 heteroatoms. The summed E-state index contributed by atoms with van der Waals surface area (Å²) in [6.45, 7) is 6.41. The average Bonchev–Trinajstić information content (AvgIpc) is 2.53. The highest BCUT2D eigenvalue weighted by Gasteiger charge is 2.25. The van der Waals surface area contributed by atoms with Crippen molar-refractivity contribution < 1.29 is 26.2 Å². The van der Waals surface area contributed by atoms with E-state index in [1.165, 1.54) is 37.0 Å². The maximum Gasteiger partial charge on any atom is 0.180 e. The summed E-state index contributed by atoms with van der Waals surface area (Å²) < 4.78 is 6.32. The molecule has 0 radical (unpaired) electrons. The van der Waals surface area contributed by atoms with Crippen LogP contribution in [0.15, 0.2) is 0 Å². The van der Waals surface area contributed by atoms with Crippen molar-refractivity contribution in [3.63, 3.8) is 0 Å². The van der Waals surface area contributed by atoms with Gasteiger partial charge in [0.1, 0.15) is 0 Å². The molecule has 1 aliphatic heterocycles. The SMILES string of the molecule is CCOC(=N)CCC[N+]1(C)CCCC1.Cl.[Br-]. The second kappa shape index (κ2) is 9.25. The van der Waals surface area contributed by atoms with Crippen LogP contribution in [0.25, 0.3) is 0 Å². The van der Waals surface area contributed by atoms with Crippen molar-refractivity contribution in [2.45, 2.75) is 32.6 Å². The van der Waals surface area contributed by atoms with E-state index in [-0.39, 0.29) is 29.4 Å². The van der Waals surface area contributed by atoms with E-state index in [1.807, 2.05) is 6.92 Å². The zero-order chi connectivity index (χ0) is 10.4. The number of rotatable bonds is 5. The number of nitrogens with zero attached hydrogens (tertiary/aromatic N) is 1. The largest absolute Gasteiger partial charge is 1.00 e. The van der Waals surface area contributed by atoms with Crippen LogP contribution in [-0.4, -0.2) is 43.7 Å². The zero-order valence-electron chi connectivity index (χ0n) is 10.3. The standard InChI is InChI=1S/C11H23N2O.BrH.ClH/c1-3-14-11(12)7-6-10-13(2)8-4-5-9-13;;/h12H,3-10H2,1-2H3;2*1H/q+1;;/p-1. The summed E-state index contributed by atoms with van der Waals surface area (Å²) in [5.74, 6) is 0.457. The molecule has 1 heterocycles. The van der Waals surface area contributed by atoms with E-state index in [1.54, 1.807) is 0 Å². The first-order valence-electron chi connectivity index (χ1n) is 5.70. The van der Waals surface area contributed by atoms with Crippen molar-refractivity contribution in [2.24, 2.45) is 0 Å². The Bertz CT molecular complexity index is 196. The van der Waals surface area contributed by atoms with Crippen LogP contribution < -0.4 is 17.0 Å². The Labute approximate surface area is 116 Å². The summed E-state index contributed by atoms with van der Waals surface area (Å²) in [6, 6.07) is 0. The Kier molecular flexibility index (Phi) is 10.7. The first kappa shape index (κ1) is 18.6. The molecule has 1 N–H and O–H groups in total. The number of quaternary nitrogens is 1. The van der Waals surface area contributed by atoms with Gasteiger partial charge in [0.05, 0.1) is 33.3 Å².